The summed E-state index contributed by atoms with van der Waals surface area (Å²) >= 11 is 18.7. The first-order valence-electron chi connectivity index (χ1n) is 4.59. The van der Waals surface area contributed by atoms with Gasteiger partial charge in [-0.2, -0.15) is 0 Å². The van der Waals surface area contributed by atoms with Gasteiger partial charge in [0, 0.05) is 20.2 Å². The van der Waals surface area contributed by atoms with Gasteiger partial charge in [0.2, 0.25) is 0 Å². The number of hydrogen-bond donors (Lipinski definition) is 1. The Morgan fingerprint density at radius 1 is 1.12 bits per heavy atom. The van der Waals surface area contributed by atoms with Gasteiger partial charge in [-0.25, -0.2) is 4.98 Å². The van der Waals surface area contributed by atoms with E-state index in [4.69, 9.17) is 23.2 Å². The Kier molecular flexibility index (Phi) is 4.31. The summed E-state index contributed by atoms with van der Waals surface area (Å²) in [5.41, 5.74) is 0.814. The third kappa shape index (κ3) is 3.35. The highest BCUT2D eigenvalue weighted by Crippen LogP contribution is 2.31. The molecule has 2 nitrogen and oxygen atoms in total. The van der Waals surface area contributed by atoms with Crippen molar-refractivity contribution in [3.05, 3.63) is 49.5 Å². The number of halogens is 4. The molecule has 2 aromatic rings. The van der Waals surface area contributed by atoms with Gasteiger partial charge in [-0.15, -0.1) is 0 Å². The van der Waals surface area contributed by atoms with Gasteiger partial charge in [0.25, 0.3) is 0 Å². The van der Waals surface area contributed by atoms with Crippen molar-refractivity contribution < 1.29 is 0 Å². The van der Waals surface area contributed by atoms with Crippen LogP contribution in [0.3, 0.4) is 0 Å². The van der Waals surface area contributed by atoms with E-state index in [1.165, 1.54) is 0 Å². The summed E-state index contributed by atoms with van der Waals surface area (Å²) in [5.74, 6) is 0.581. The van der Waals surface area contributed by atoms with Crippen LogP contribution in [-0.2, 0) is 0 Å². The average Bonchev–Trinajstić information content (AvgIpc) is 2.27. The molecule has 2 rings (SSSR count). The van der Waals surface area contributed by atoms with E-state index in [1.54, 1.807) is 24.4 Å². The first-order chi connectivity index (χ1) is 8.06. The predicted molar refractivity (Wildman–Crippen MR) is 79.4 cm³/mol. The van der Waals surface area contributed by atoms with Gasteiger partial charge in [0.05, 0.1) is 10.7 Å². The molecule has 0 saturated carbocycles. The first kappa shape index (κ1) is 13.1. The van der Waals surface area contributed by atoms with Gasteiger partial charge < -0.3 is 5.32 Å². The second-order valence-electron chi connectivity index (χ2n) is 3.23. The fourth-order valence-electron chi connectivity index (χ4n) is 1.23. The Bertz CT molecular complexity index is 561. The van der Waals surface area contributed by atoms with Gasteiger partial charge in [-0.3, -0.25) is 0 Å². The van der Waals surface area contributed by atoms with E-state index in [0.29, 0.717) is 15.9 Å². The van der Waals surface area contributed by atoms with E-state index in [2.05, 4.69) is 42.2 Å². The largest absolute Gasteiger partial charge is 0.338 e. The van der Waals surface area contributed by atoms with Crippen LogP contribution in [0.15, 0.2) is 39.4 Å². The zero-order valence-electron chi connectivity index (χ0n) is 8.35. The molecule has 0 aliphatic rings. The van der Waals surface area contributed by atoms with Crippen LogP contribution in [0.2, 0.25) is 10.0 Å². The molecule has 0 atom stereocenters. The molecule has 0 bridgehead atoms. The lowest BCUT2D eigenvalue weighted by molar-refractivity contribution is 1.29. The van der Waals surface area contributed by atoms with E-state index >= 15 is 0 Å². The highest BCUT2D eigenvalue weighted by Gasteiger charge is 2.06. The van der Waals surface area contributed by atoms with E-state index in [1.807, 2.05) is 6.07 Å². The molecular weight excluding hydrogens is 391 g/mol. The van der Waals surface area contributed by atoms with E-state index in [9.17, 15) is 0 Å². The molecule has 1 aromatic heterocycles. The highest BCUT2D eigenvalue weighted by molar-refractivity contribution is 9.10. The zero-order valence-corrected chi connectivity index (χ0v) is 13.0. The van der Waals surface area contributed by atoms with Crippen LogP contribution in [0.5, 0.6) is 0 Å². The van der Waals surface area contributed by atoms with Gasteiger partial charge >= 0.3 is 0 Å². The van der Waals surface area contributed by atoms with Crippen LogP contribution in [0, 0.1) is 0 Å². The minimum atomic E-state index is 0.534. The van der Waals surface area contributed by atoms with Crippen molar-refractivity contribution >= 4 is 66.6 Å². The number of rotatable bonds is 2. The molecule has 1 heterocycles. The lowest BCUT2D eigenvalue weighted by atomic mass is 10.3. The Morgan fingerprint density at radius 3 is 2.59 bits per heavy atom. The molecule has 88 valence electrons. The smallest absolute Gasteiger partial charge is 0.149 e. The molecule has 1 N–H and O–H groups in total. The predicted octanol–water partition coefficient (Wildman–Crippen LogP) is 5.66. The molecule has 0 saturated heterocycles. The van der Waals surface area contributed by atoms with Crippen molar-refractivity contribution in [2.75, 3.05) is 5.32 Å². The lowest BCUT2D eigenvalue weighted by Gasteiger charge is -2.09. The second kappa shape index (κ2) is 5.57. The maximum absolute atomic E-state index is 6.07. The van der Waals surface area contributed by atoms with Crippen molar-refractivity contribution in [1.29, 1.82) is 0 Å². The molecule has 0 amide bonds. The molecule has 17 heavy (non-hydrogen) atoms. The Morgan fingerprint density at radius 2 is 1.88 bits per heavy atom. The van der Waals surface area contributed by atoms with Crippen molar-refractivity contribution in [1.82, 2.24) is 4.98 Å². The number of pyridine rings is 1. The van der Waals surface area contributed by atoms with Crippen LogP contribution in [0.1, 0.15) is 0 Å². The average molecular weight is 397 g/mol. The number of nitrogens with zero attached hydrogens (tertiary/aromatic N) is 1. The SMILES string of the molecule is Clc1ccc(Br)c(Nc2ncc(Br)cc2Cl)c1. The third-order valence-corrected chi connectivity index (χ3v) is 3.64. The molecule has 6 heteroatoms. The molecule has 1 aromatic carbocycles. The summed E-state index contributed by atoms with van der Waals surface area (Å²) in [6.07, 6.45) is 1.67. The maximum Gasteiger partial charge on any atom is 0.149 e. The molecule has 0 aliphatic carbocycles. The molecule has 0 fully saturated rings. The molecule has 0 radical (unpaired) electrons. The van der Waals surface area contributed by atoms with Crippen LogP contribution in [0.25, 0.3) is 0 Å². The summed E-state index contributed by atoms with van der Waals surface area (Å²) < 4.78 is 1.72. The van der Waals surface area contributed by atoms with Crippen molar-refractivity contribution in [2.24, 2.45) is 0 Å². The quantitative estimate of drug-likeness (QED) is 0.708. The Labute approximate surface area is 126 Å². The normalized spacial score (nSPS) is 10.4. The van der Waals surface area contributed by atoms with Crippen LogP contribution >= 0.6 is 55.1 Å². The van der Waals surface area contributed by atoms with Crippen molar-refractivity contribution in [3.8, 4) is 0 Å². The third-order valence-electron chi connectivity index (χ3n) is 1.99. The topological polar surface area (TPSA) is 24.9 Å². The number of hydrogen-bond acceptors (Lipinski definition) is 2. The number of nitrogens with one attached hydrogen (secondary N) is 1. The summed E-state index contributed by atoms with van der Waals surface area (Å²) in [4.78, 5) is 4.19. The van der Waals surface area contributed by atoms with Gasteiger partial charge in [-0.05, 0) is 56.1 Å². The van der Waals surface area contributed by atoms with E-state index < -0.39 is 0 Å². The first-order valence-corrected chi connectivity index (χ1v) is 6.93. The van der Waals surface area contributed by atoms with E-state index in [-0.39, 0.29) is 0 Å². The maximum atomic E-state index is 6.07. The summed E-state index contributed by atoms with van der Waals surface area (Å²) in [5, 5.41) is 4.29. The fraction of sp³-hybridized carbons (Fsp3) is 0. The fourth-order valence-corrected chi connectivity index (χ4v) is 2.42. The van der Waals surface area contributed by atoms with E-state index in [0.717, 1.165) is 14.6 Å². The molecule has 0 unspecified atom stereocenters. The lowest BCUT2D eigenvalue weighted by Crippen LogP contribution is -1.95. The van der Waals surface area contributed by atoms with Crippen LogP contribution in [0.4, 0.5) is 11.5 Å². The standard InChI is InChI=1S/C11H6Br2Cl2N2/c12-6-3-9(15)11(16-5-6)17-10-4-7(14)1-2-8(10)13/h1-5H,(H,16,17). The van der Waals surface area contributed by atoms with Crippen molar-refractivity contribution in [3.63, 3.8) is 0 Å². The Hall–Kier alpha value is -0.290. The van der Waals surface area contributed by atoms with Crippen molar-refractivity contribution in [2.45, 2.75) is 0 Å². The number of anilines is 2. The molecule has 0 aliphatic heterocycles. The monoisotopic (exact) mass is 394 g/mol. The summed E-state index contributed by atoms with van der Waals surface area (Å²) in [6.45, 7) is 0. The van der Waals surface area contributed by atoms with Crippen LogP contribution < -0.4 is 5.32 Å². The second-order valence-corrected chi connectivity index (χ2v) is 5.85. The van der Waals surface area contributed by atoms with Gasteiger partial charge in [0.1, 0.15) is 5.82 Å². The molecular formula is C11H6Br2Cl2N2. The summed E-state index contributed by atoms with van der Waals surface area (Å²) in [6, 6.07) is 7.23. The zero-order chi connectivity index (χ0) is 12.4. The highest BCUT2D eigenvalue weighted by atomic mass is 79.9. The minimum absolute atomic E-state index is 0.534. The molecule has 0 spiro atoms. The van der Waals surface area contributed by atoms with Gasteiger partial charge in [0.15, 0.2) is 0 Å². The van der Waals surface area contributed by atoms with Crippen LogP contribution in [-0.4, -0.2) is 4.98 Å². The Balaban J connectivity index is 2.34. The number of aromatic nitrogens is 1. The summed E-state index contributed by atoms with van der Waals surface area (Å²) in [7, 11) is 0. The van der Waals surface area contributed by atoms with Gasteiger partial charge in [-0.1, -0.05) is 23.2 Å². The number of benzene rings is 1. The minimum Gasteiger partial charge on any atom is -0.338 e.